The fraction of sp³-hybridized carbons (Fsp3) is 0.588. The van der Waals surface area contributed by atoms with Gasteiger partial charge in [-0.15, -0.1) is 0 Å². The maximum absolute atomic E-state index is 12.6. The van der Waals surface area contributed by atoms with Crippen LogP contribution < -0.4 is 10.1 Å². The molecule has 0 radical (unpaired) electrons. The lowest BCUT2D eigenvalue weighted by atomic mass is 10.0. The van der Waals surface area contributed by atoms with Crippen LogP contribution in [0, 0.1) is 5.92 Å². The Morgan fingerprint density at radius 1 is 1.19 bits per heavy atom. The molecule has 1 aliphatic carbocycles. The maximum Gasteiger partial charge on any atom is 0.241 e. The van der Waals surface area contributed by atoms with Crippen molar-refractivity contribution in [3.05, 3.63) is 29.8 Å². The first-order valence-corrected chi connectivity index (χ1v) is 7.84. The van der Waals surface area contributed by atoms with Gasteiger partial charge in [0.2, 0.25) is 5.91 Å². The van der Waals surface area contributed by atoms with Crippen molar-refractivity contribution in [3.63, 3.8) is 0 Å². The molecule has 114 valence electrons. The summed E-state index contributed by atoms with van der Waals surface area (Å²) >= 11 is 0. The number of ether oxygens (including phenoxy) is 1. The molecule has 0 aromatic heterocycles. The number of carbonyl (C=O) groups is 1. The normalized spacial score (nSPS) is 32.7. The van der Waals surface area contributed by atoms with Crippen LogP contribution in [0.3, 0.4) is 0 Å². The van der Waals surface area contributed by atoms with Gasteiger partial charge in [-0.1, -0.05) is 25.5 Å². The molecular weight excluding hydrogens is 264 g/mol. The largest absolute Gasteiger partial charge is 0.497 e. The summed E-state index contributed by atoms with van der Waals surface area (Å²) in [7, 11) is 1.67. The minimum atomic E-state index is -0.107. The highest BCUT2D eigenvalue weighted by atomic mass is 16.5. The molecule has 4 heteroatoms. The van der Waals surface area contributed by atoms with E-state index in [0.717, 1.165) is 17.7 Å². The lowest BCUT2D eigenvalue weighted by Gasteiger charge is -2.33. The molecule has 2 aliphatic rings. The van der Waals surface area contributed by atoms with Crippen molar-refractivity contribution in [2.24, 2.45) is 5.92 Å². The predicted octanol–water partition coefficient (Wildman–Crippen LogP) is 2.70. The minimum Gasteiger partial charge on any atom is -0.497 e. The number of hydrogen-bond acceptors (Lipinski definition) is 3. The maximum atomic E-state index is 12.6. The highest BCUT2D eigenvalue weighted by Gasteiger charge is 2.43. The Morgan fingerprint density at radius 3 is 2.48 bits per heavy atom. The van der Waals surface area contributed by atoms with Crippen molar-refractivity contribution in [2.75, 3.05) is 7.11 Å². The average molecular weight is 288 g/mol. The summed E-state index contributed by atoms with van der Waals surface area (Å²) in [6, 6.07) is 8.27. The van der Waals surface area contributed by atoms with Crippen molar-refractivity contribution in [1.82, 2.24) is 10.2 Å². The second-order valence-electron chi connectivity index (χ2n) is 6.29. The van der Waals surface area contributed by atoms with Gasteiger partial charge in [-0.2, -0.15) is 0 Å². The van der Waals surface area contributed by atoms with Gasteiger partial charge in [0.1, 0.15) is 11.9 Å². The third kappa shape index (κ3) is 2.53. The van der Waals surface area contributed by atoms with E-state index in [-0.39, 0.29) is 18.1 Å². The first-order valence-electron chi connectivity index (χ1n) is 7.84. The molecule has 1 saturated carbocycles. The van der Waals surface area contributed by atoms with Gasteiger partial charge in [0.25, 0.3) is 0 Å². The molecule has 1 aromatic carbocycles. The highest BCUT2D eigenvalue weighted by molar-refractivity contribution is 5.84. The van der Waals surface area contributed by atoms with Gasteiger partial charge in [0.05, 0.1) is 13.2 Å². The Morgan fingerprint density at radius 2 is 1.90 bits per heavy atom. The van der Waals surface area contributed by atoms with E-state index < -0.39 is 0 Å². The fourth-order valence-corrected chi connectivity index (χ4v) is 3.68. The van der Waals surface area contributed by atoms with Crippen molar-refractivity contribution in [3.8, 4) is 5.75 Å². The first-order chi connectivity index (χ1) is 10.1. The molecule has 3 rings (SSSR count). The van der Waals surface area contributed by atoms with E-state index in [1.54, 1.807) is 7.11 Å². The number of nitrogens with one attached hydrogen (secondary N) is 1. The molecule has 1 saturated heterocycles. The monoisotopic (exact) mass is 288 g/mol. The zero-order chi connectivity index (χ0) is 15.0. The van der Waals surface area contributed by atoms with Gasteiger partial charge in [-0.05, 0) is 43.4 Å². The van der Waals surface area contributed by atoms with Crippen LogP contribution in [0.15, 0.2) is 24.3 Å². The van der Waals surface area contributed by atoms with Crippen LogP contribution >= 0.6 is 0 Å². The molecule has 0 spiro atoms. The summed E-state index contributed by atoms with van der Waals surface area (Å²) < 4.78 is 5.22. The second-order valence-corrected chi connectivity index (χ2v) is 6.29. The molecule has 4 nitrogen and oxygen atoms in total. The summed E-state index contributed by atoms with van der Waals surface area (Å²) in [5.41, 5.74) is 1.13. The van der Waals surface area contributed by atoms with E-state index >= 15 is 0 Å². The van der Waals surface area contributed by atoms with Crippen LogP contribution in [0.2, 0.25) is 0 Å². The van der Waals surface area contributed by atoms with Crippen molar-refractivity contribution < 1.29 is 9.53 Å². The summed E-state index contributed by atoms with van der Waals surface area (Å²) in [5, 5.41) is 3.44. The Hall–Kier alpha value is -1.55. The Kier molecular flexibility index (Phi) is 3.89. The fourth-order valence-electron chi connectivity index (χ4n) is 3.68. The van der Waals surface area contributed by atoms with Crippen molar-refractivity contribution in [2.45, 2.75) is 51.4 Å². The van der Waals surface area contributed by atoms with Gasteiger partial charge >= 0.3 is 0 Å². The molecule has 1 heterocycles. The van der Waals surface area contributed by atoms with Crippen LogP contribution in [0.1, 0.15) is 44.8 Å². The Balaban J connectivity index is 1.89. The third-order valence-corrected chi connectivity index (χ3v) is 4.92. The zero-order valence-corrected chi connectivity index (χ0v) is 13.0. The third-order valence-electron chi connectivity index (χ3n) is 4.92. The molecule has 1 aliphatic heterocycles. The molecule has 1 aromatic rings. The van der Waals surface area contributed by atoms with Gasteiger partial charge in [0, 0.05) is 6.04 Å². The van der Waals surface area contributed by atoms with E-state index in [1.807, 2.05) is 19.1 Å². The smallest absolute Gasteiger partial charge is 0.241 e. The van der Waals surface area contributed by atoms with E-state index in [4.69, 9.17) is 4.74 Å². The molecule has 4 unspecified atom stereocenters. The first kappa shape index (κ1) is 14.4. The van der Waals surface area contributed by atoms with Gasteiger partial charge in [-0.3, -0.25) is 10.1 Å². The van der Waals surface area contributed by atoms with E-state index in [0.29, 0.717) is 12.0 Å². The summed E-state index contributed by atoms with van der Waals surface area (Å²) in [5.74, 6) is 1.66. The number of methoxy groups -OCH3 is 1. The van der Waals surface area contributed by atoms with Gasteiger partial charge in [0.15, 0.2) is 0 Å². The molecule has 21 heavy (non-hydrogen) atoms. The topological polar surface area (TPSA) is 41.6 Å². The number of hydrogen-bond donors (Lipinski definition) is 1. The Labute approximate surface area is 126 Å². The van der Waals surface area contributed by atoms with Gasteiger partial charge < -0.3 is 9.64 Å². The van der Waals surface area contributed by atoms with E-state index in [1.165, 1.54) is 12.8 Å². The van der Waals surface area contributed by atoms with E-state index in [2.05, 4.69) is 29.3 Å². The molecule has 4 atom stereocenters. The Bertz CT molecular complexity index is 514. The molecular formula is C17H24N2O2. The molecule has 0 bridgehead atoms. The highest BCUT2D eigenvalue weighted by Crippen LogP contribution is 2.37. The van der Waals surface area contributed by atoms with Crippen LogP contribution in [0.25, 0.3) is 0 Å². The van der Waals surface area contributed by atoms with Crippen LogP contribution in [0.4, 0.5) is 0 Å². The van der Waals surface area contributed by atoms with E-state index in [9.17, 15) is 4.79 Å². The molecule has 1 N–H and O–H groups in total. The zero-order valence-electron chi connectivity index (χ0n) is 13.0. The number of carbonyl (C=O) groups excluding carboxylic acids is 1. The summed E-state index contributed by atoms with van der Waals surface area (Å²) in [4.78, 5) is 14.7. The standard InChI is InChI=1S/C17H24N2O2/c1-11-5-4-6-15(11)19-16(18-12(2)17(19)20)13-7-9-14(21-3)10-8-13/h7-12,15-16,18H,4-6H2,1-3H3. The lowest BCUT2D eigenvalue weighted by molar-refractivity contribution is -0.132. The lowest BCUT2D eigenvalue weighted by Crippen LogP contribution is -2.41. The average Bonchev–Trinajstić information content (AvgIpc) is 3.03. The quantitative estimate of drug-likeness (QED) is 0.930. The second kappa shape index (κ2) is 5.68. The number of amides is 1. The van der Waals surface area contributed by atoms with Crippen molar-refractivity contribution in [1.29, 1.82) is 0 Å². The van der Waals surface area contributed by atoms with Gasteiger partial charge in [-0.25, -0.2) is 0 Å². The minimum absolute atomic E-state index is 0.0102. The molecule has 2 fully saturated rings. The summed E-state index contributed by atoms with van der Waals surface area (Å²) in [6.07, 6.45) is 3.55. The SMILES string of the molecule is COc1ccc(C2NC(C)C(=O)N2C2CCCC2C)cc1. The molecule has 1 amide bonds. The predicted molar refractivity (Wildman–Crippen MR) is 82.0 cm³/mol. The van der Waals surface area contributed by atoms with Crippen LogP contribution in [-0.2, 0) is 4.79 Å². The van der Waals surface area contributed by atoms with Crippen molar-refractivity contribution >= 4 is 5.91 Å². The number of nitrogens with zero attached hydrogens (tertiary/aromatic N) is 1. The number of benzene rings is 1. The summed E-state index contributed by atoms with van der Waals surface area (Å²) in [6.45, 7) is 4.22. The van der Waals surface area contributed by atoms with Crippen LogP contribution in [-0.4, -0.2) is 30.0 Å². The van der Waals surface area contributed by atoms with Crippen LogP contribution in [0.5, 0.6) is 5.75 Å². The number of rotatable bonds is 3.